The maximum Gasteiger partial charge on any atom is 0.136 e. The molecule has 5 atom stereocenters. The fraction of sp³-hybridized carbons (Fsp3) is 0.824. The molecule has 0 saturated heterocycles. The molecule has 2 fully saturated rings. The molecule has 2 N–H and O–H groups in total. The van der Waals surface area contributed by atoms with Gasteiger partial charge < -0.3 is 10.2 Å². The Morgan fingerprint density at radius 3 is 2.55 bits per heavy atom. The lowest BCUT2D eigenvalue weighted by atomic mass is 9.74. The van der Waals surface area contributed by atoms with E-state index in [1.807, 2.05) is 0 Å². The Bertz CT molecular complexity index is 402. The van der Waals surface area contributed by atoms with Gasteiger partial charge >= 0.3 is 0 Å². The van der Waals surface area contributed by atoms with Crippen LogP contribution in [0.2, 0.25) is 0 Å². The molecule has 0 heterocycles. The molecule has 0 spiro atoms. The van der Waals surface area contributed by atoms with Crippen molar-refractivity contribution in [1.29, 1.82) is 0 Å². The van der Waals surface area contributed by atoms with Crippen LogP contribution in [0.25, 0.3) is 0 Å². The largest absolute Gasteiger partial charge is 0.392 e. The van der Waals surface area contributed by atoms with Crippen LogP contribution in [0.15, 0.2) is 0 Å². The van der Waals surface area contributed by atoms with Gasteiger partial charge in [0.05, 0.1) is 6.10 Å². The number of aliphatic hydroxyl groups excluding tert-OH is 2. The molecule has 0 aromatic carbocycles. The minimum Gasteiger partial charge on any atom is -0.392 e. The Hall–Kier alpha value is -0.850. The van der Waals surface area contributed by atoms with E-state index in [0.29, 0.717) is 25.2 Å². The predicted molar refractivity (Wildman–Crippen MR) is 77.8 cm³/mol. The minimum atomic E-state index is -0.600. The zero-order valence-corrected chi connectivity index (χ0v) is 12.5. The summed E-state index contributed by atoms with van der Waals surface area (Å²) in [5, 5.41) is 20.0. The number of fused-ring (bicyclic) bond motifs is 1. The summed E-state index contributed by atoms with van der Waals surface area (Å²) in [5.74, 6) is 6.86. The highest BCUT2D eigenvalue weighted by atomic mass is 16.3. The Morgan fingerprint density at radius 2 is 2.00 bits per heavy atom. The van der Waals surface area contributed by atoms with Gasteiger partial charge in [-0.15, -0.1) is 0 Å². The second kappa shape index (κ2) is 6.74. The lowest BCUT2D eigenvalue weighted by Gasteiger charge is -2.29. The van der Waals surface area contributed by atoms with E-state index >= 15 is 0 Å². The van der Waals surface area contributed by atoms with Gasteiger partial charge in [-0.25, -0.2) is 0 Å². The number of hydrogen-bond donors (Lipinski definition) is 2. The number of hydrogen-bond acceptors (Lipinski definition) is 3. The number of ketones is 1. The molecular formula is C17H26O3. The van der Waals surface area contributed by atoms with Gasteiger partial charge in [-0.1, -0.05) is 38.5 Å². The van der Waals surface area contributed by atoms with Gasteiger partial charge in [0.1, 0.15) is 11.9 Å². The number of Topliss-reactive ketones (excluding diaryl/α,β-unsaturated/α-hetero) is 1. The van der Waals surface area contributed by atoms with E-state index in [1.165, 1.54) is 0 Å². The van der Waals surface area contributed by atoms with Gasteiger partial charge in [0, 0.05) is 24.2 Å². The molecule has 5 unspecified atom stereocenters. The van der Waals surface area contributed by atoms with Crippen molar-refractivity contribution < 1.29 is 15.0 Å². The molecule has 2 aliphatic rings. The third-order valence-corrected chi connectivity index (χ3v) is 5.16. The first-order valence-corrected chi connectivity index (χ1v) is 7.96. The van der Waals surface area contributed by atoms with E-state index in [0.717, 1.165) is 19.3 Å². The van der Waals surface area contributed by atoms with Crippen LogP contribution in [-0.2, 0) is 4.79 Å². The fourth-order valence-corrected chi connectivity index (χ4v) is 3.49. The normalized spacial score (nSPS) is 33.4. The summed E-state index contributed by atoms with van der Waals surface area (Å²) in [5.41, 5.74) is 0. The zero-order chi connectivity index (χ0) is 14.7. The van der Waals surface area contributed by atoms with E-state index in [-0.39, 0.29) is 23.5 Å². The standard InChI is InChI=1S/C17H26O3/c1-3-11(4-2)5-7-13(18)8-6-12-9-14-15(17(12)20)10-16(14)19/h11-15,17-18,20H,3-5,7,9-10H2,1-2H3. The molecule has 20 heavy (non-hydrogen) atoms. The van der Waals surface area contributed by atoms with E-state index in [2.05, 4.69) is 25.7 Å². The second-order valence-electron chi connectivity index (χ2n) is 6.34. The molecule has 112 valence electrons. The van der Waals surface area contributed by atoms with Gasteiger partial charge in [0.25, 0.3) is 0 Å². The molecule has 0 aromatic heterocycles. The average Bonchev–Trinajstić information content (AvgIpc) is 2.69. The summed E-state index contributed by atoms with van der Waals surface area (Å²) >= 11 is 0. The Balaban J connectivity index is 1.80. The van der Waals surface area contributed by atoms with Crippen molar-refractivity contribution in [1.82, 2.24) is 0 Å². The van der Waals surface area contributed by atoms with Crippen molar-refractivity contribution in [2.24, 2.45) is 23.7 Å². The van der Waals surface area contributed by atoms with Crippen LogP contribution < -0.4 is 0 Å². The smallest absolute Gasteiger partial charge is 0.136 e. The number of carbonyl (C=O) groups excluding carboxylic acids is 1. The lowest BCUT2D eigenvalue weighted by molar-refractivity contribution is -0.135. The summed E-state index contributed by atoms with van der Waals surface area (Å²) in [7, 11) is 0. The molecule has 3 heteroatoms. The highest BCUT2D eigenvalue weighted by Crippen LogP contribution is 2.47. The SMILES string of the molecule is CCC(CC)CCC(O)C#CC1CC2C(=O)CC2C1O. The van der Waals surface area contributed by atoms with Crippen LogP contribution in [0, 0.1) is 35.5 Å². The van der Waals surface area contributed by atoms with Gasteiger partial charge in [0.2, 0.25) is 0 Å². The van der Waals surface area contributed by atoms with Crippen molar-refractivity contribution in [3.63, 3.8) is 0 Å². The van der Waals surface area contributed by atoms with Crippen LogP contribution in [0.5, 0.6) is 0 Å². The van der Waals surface area contributed by atoms with Crippen LogP contribution in [0.3, 0.4) is 0 Å². The Labute approximate surface area is 121 Å². The summed E-state index contributed by atoms with van der Waals surface area (Å²) in [6.07, 6.45) is 4.10. The van der Waals surface area contributed by atoms with Gasteiger partial charge in [-0.05, 0) is 25.2 Å². The third-order valence-electron chi connectivity index (χ3n) is 5.16. The van der Waals surface area contributed by atoms with Crippen molar-refractivity contribution in [3.05, 3.63) is 0 Å². The maximum absolute atomic E-state index is 11.4. The van der Waals surface area contributed by atoms with Crippen LogP contribution >= 0.6 is 0 Å². The Kier molecular flexibility index (Phi) is 5.23. The van der Waals surface area contributed by atoms with Crippen LogP contribution in [-0.4, -0.2) is 28.2 Å². The predicted octanol–water partition coefficient (Wildman–Crippen LogP) is 2.15. The molecule has 0 radical (unpaired) electrons. The monoisotopic (exact) mass is 278 g/mol. The van der Waals surface area contributed by atoms with E-state index < -0.39 is 12.2 Å². The van der Waals surface area contributed by atoms with Gasteiger partial charge in [0.15, 0.2) is 0 Å². The maximum atomic E-state index is 11.4. The van der Waals surface area contributed by atoms with E-state index in [9.17, 15) is 15.0 Å². The molecular weight excluding hydrogens is 252 g/mol. The molecule has 2 rings (SSSR count). The van der Waals surface area contributed by atoms with Gasteiger partial charge in [-0.2, -0.15) is 0 Å². The topological polar surface area (TPSA) is 57.5 Å². The van der Waals surface area contributed by atoms with Crippen molar-refractivity contribution in [3.8, 4) is 11.8 Å². The quantitative estimate of drug-likeness (QED) is 0.758. The van der Waals surface area contributed by atoms with Crippen LogP contribution in [0.4, 0.5) is 0 Å². The highest BCUT2D eigenvalue weighted by molar-refractivity contribution is 5.88. The minimum absolute atomic E-state index is 0.0333. The first kappa shape index (κ1) is 15.5. The second-order valence-corrected chi connectivity index (χ2v) is 6.34. The first-order valence-electron chi connectivity index (χ1n) is 7.96. The number of carbonyl (C=O) groups is 1. The molecule has 3 nitrogen and oxygen atoms in total. The fourth-order valence-electron chi connectivity index (χ4n) is 3.49. The molecule has 0 amide bonds. The highest BCUT2D eigenvalue weighted by Gasteiger charge is 2.52. The summed E-state index contributed by atoms with van der Waals surface area (Å²) in [6, 6.07) is 0. The average molecular weight is 278 g/mol. The summed E-state index contributed by atoms with van der Waals surface area (Å²) in [6.45, 7) is 4.35. The molecule has 0 aromatic rings. The number of aliphatic hydroxyl groups is 2. The lowest BCUT2D eigenvalue weighted by Crippen LogP contribution is -2.38. The molecule has 2 aliphatic carbocycles. The Morgan fingerprint density at radius 1 is 1.30 bits per heavy atom. The summed E-state index contributed by atoms with van der Waals surface area (Å²) < 4.78 is 0. The molecule has 0 aliphatic heterocycles. The zero-order valence-electron chi connectivity index (χ0n) is 12.5. The third kappa shape index (κ3) is 3.24. The summed E-state index contributed by atoms with van der Waals surface area (Å²) in [4.78, 5) is 11.4. The molecule has 2 saturated carbocycles. The van der Waals surface area contributed by atoms with Gasteiger partial charge in [-0.3, -0.25) is 4.79 Å². The van der Waals surface area contributed by atoms with Crippen molar-refractivity contribution in [2.75, 3.05) is 0 Å². The molecule has 0 bridgehead atoms. The number of rotatable bonds is 5. The van der Waals surface area contributed by atoms with Crippen molar-refractivity contribution in [2.45, 2.75) is 64.6 Å². The van der Waals surface area contributed by atoms with E-state index in [1.54, 1.807) is 0 Å². The van der Waals surface area contributed by atoms with Crippen LogP contribution in [0.1, 0.15) is 52.4 Å². The van der Waals surface area contributed by atoms with Crippen molar-refractivity contribution >= 4 is 5.78 Å². The van der Waals surface area contributed by atoms with E-state index in [4.69, 9.17) is 0 Å². The first-order chi connectivity index (χ1) is 9.56.